The lowest BCUT2D eigenvalue weighted by atomic mass is 9.94. The van der Waals surface area contributed by atoms with E-state index >= 15 is 0 Å². The zero-order valence-corrected chi connectivity index (χ0v) is 21.0. The number of nitrogens with two attached hydrogens (primary N) is 1. The molecule has 36 heavy (non-hydrogen) atoms. The van der Waals surface area contributed by atoms with Crippen LogP contribution in [0.3, 0.4) is 0 Å². The Morgan fingerprint density at radius 2 is 1.81 bits per heavy atom. The molecule has 1 amide bonds. The summed E-state index contributed by atoms with van der Waals surface area (Å²) < 4.78 is 18.5. The van der Waals surface area contributed by atoms with Crippen LogP contribution in [0.25, 0.3) is 0 Å². The Morgan fingerprint density at radius 3 is 2.50 bits per heavy atom. The van der Waals surface area contributed by atoms with Gasteiger partial charge in [-0.1, -0.05) is 30.5 Å². The van der Waals surface area contributed by atoms with Crippen LogP contribution in [-0.2, 0) is 25.7 Å². The van der Waals surface area contributed by atoms with Gasteiger partial charge in [-0.25, -0.2) is 4.39 Å². The van der Waals surface area contributed by atoms with Crippen molar-refractivity contribution in [1.82, 2.24) is 10.2 Å². The van der Waals surface area contributed by atoms with Gasteiger partial charge in [0.15, 0.2) is 6.61 Å². The standard InChI is InChI=1S/C27H35FN4O4/c1-3-35-26(34)17-30-16-21-15-20(11-14-24(21)29)27(19-9-12-22(28)13-10-19)31-36-18-25(33)32(2)23-7-5-4-6-8-23/h9-15,23,30H,3-8,16-18,29H2,1-2H3. The van der Waals surface area contributed by atoms with Crippen LogP contribution < -0.4 is 11.1 Å². The number of oxime groups is 1. The molecule has 0 saturated heterocycles. The summed E-state index contributed by atoms with van der Waals surface area (Å²) in [5, 5.41) is 7.29. The van der Waals surface area contributed by atoms with E-state index in [1.807, 2.05) is 13.1 Å². The smallest absolute Gasteiger partial charge is 0.319 e. The van der Waals surface area contributed by atoms with Crippen molar-refractivity contribution in [3.05, 3.63) is 65.0 Å². The van der Waals surface area contributed by atoms with E-state index in [4.69, 9.17) is 15.3 Å². The third kappa shape index (κ3) is 7.78. The first-order valence-corrected chi connectivity index (χ1v) is 12.4. The molecule has 0 atom stereocenters. The van der Waals surface area contributed by atoms with Crippen LogP contribution in [-0.4, -0.2) is 55.3 Å². The minimum atomic E-state index is -0.371. The molecule has 0 bridgehead atoms. The Balaban J connectivity index is 1.76. The average molecular weight is 499 g/mol. The maximum atomic E-state index is 13.6. The second kappa shape index (κ2) is 13.6. The number of nitrogen functional groups attached to an aromatic ring is 1. The number of nitrogens with one attached hydrogen (secondary N) is 1. The summed E-state index contributed by atoms with van der Waals surface area (Å²) in [6.07, 6.45) is 5.48. The first kappa shape index (κ1) is 27.1. The van der Waals surface area contributed by atoms with Crippen molar-refractivity contribution in [3.8, 4) is 0 Å². The highest BCUT2D eigenvalue weighted by atomic mass is 19.1. The van der Waals surface area contributed by atoms with Gasteiger partial charge in [0.2, 0.25) is 0 Å². The number of likely N-dealkylation sites (N-methyl/N-ethyl adjacent to an activating group) is 1. The van der Waals surface area contributed by atoms with E-state index in [1.54, 1.807) is 36.1 Å². The van der Waals surface area contributed by atoms with Crippen LogP contribution in [0.5, 0.6) is 0 Å². The SMILES string of the molecule is CCOC(=O)CNCc1cc(C(=NOCC(=O)N(C)C2CCCCC2)c2ccc(F)cc2)ccc1N. The van der Waals surface area contributed by atoms with Crippen molar-refractivity contribution in [2.45, 2.75) is 51.6 Å². The van der Waals surface area contributed by atoms with Crippen molar-refractivity contribution in [1.29, 1.82) is 0 Å². The number of ether oxygens (including phenoxy) is 1. The third-order valence-corrected chi connectivity index (χ3v) is 6.28. The fourth-order valence-electron chi connectivity index (χ4n) is 4.22. The minimum absolute atomic E-state index is 0.0517. The molecule has 1 saturated carbocycles. The normalized spacial score (nSPS) is 14.4. The molecule has 2 aromatic carbocycles. The van der Waals surface area contributed by atoms with E-state index in [2.05, 4.69) is 10.5 Å². The Labute approximate surface area is 211 Å². The molecule has 1 aliphatic carbocycles. The molecule has 0 radical (unpaired) electrons. The van der Waals surface area contributed by atoms with Gasteiger partial charge in [0.1, 0.15) is 11.5 Å². The Bertz CT molecular complexity index is 1050. The first-order chi connectivity index (χ1) is 17.4. The highest BCUT2D eigenvalue weighted by Gasteiger charge is 2.22. The molecule has 2 aromatic rings. The van der Waals surface area contributed by atoms with Gasteiger partial charge < -0.3 is 25.5 Å². The summed E-state index contributed by atoms with van der Waals surface area (Å²) in [5.74, 6) is -0.855. The number of amides is 1. The van der Waals surface area contributed by atoms with E-state index in [-0.39, 0.29) is 36.9 Å². The van der Waals surface area contributed by atoms with E-state index in [0.29, 0.717) is 35.7 Å². The Kier molecular flexibility index (Phi) is 10.2. The number of anilines is 1. The number of carbonyl (C=O) groups is 2. The largest absolute Gasteiger partial charge is 0.465 e. The second-order valence-corrected chi connectivity index (χ2v) is 8.84. The van der Waals surface area contributed by atoms with Gasteiger partial charge in [-0.15, -0.1) is 0 Å². The monoisotopic (exact) mass is 498 g/mol. The van der Waals surface area contributed by atoms with Gasteiger partial charge in [0, 0.05) is 36.4 Å². The predicted molar refractivity (Wildman–Crippen MR) is 137 cm³/mol. The highest BCUT2D eigenvalue weighted by molar-refractivity contribution is 6.12. The minimum Gasteiger partial charge on any atom is -0.465 e. The van der Waals surface area contributed by atoms with Crippen LogP contribution in [0.4, 0.5) is 10.1 Å². The van der Waals surface area contributed by atoms with Crippen LogP contribution in [0.2, 0.25) is 0 Å². The molecule has 194 valence electrons. The van der Waals surface area contributed by atoms with Crippen LogP contribution in [0, 0.1) is 5.82 Å². The van der Waals surface area contributed by atoms with Gasteiger partial charge in [-0.3, -0.25) is 9.59 Å². The molecule has 0 heterocycles. The summed E-state index contributed by atoms with van der Waals surface area (Å²) in [6, 6.07) is 11.5. The molecule has 0 aromatic heterocycles. The number of carbonyl (C=O) groups excluding carboxylic acids is 2. The van der Waals surface area contributed by atoms with Crippen molar-refractivity contribution < 1.29 is 23.6 Å². The van der Waals surface area contributed by atoms with Gasteiger partial charge in [-0.05, 0) is 61.7 Å². The van der Waals surface area contributed by atoms with Crippen molar-refractivity contribution in [3.63, 3.8) is 0 Å². The third-order valence-electron chi connectivity index (χ3n) is 6.28. The topological polar surface area (TPSA) is 106 Å². The summed E-state index contributed by atoms with van der Waals surface area (Å²) in [6.45, 7) is 2.26. The second-order valence-electron chi connectivity index (χ2n) is 8.84. The maximum absolute atomic E-state index is 13.6. The first-order valence-electron chi connectivity index (χ1n) is 12.4. The molecule has 8 nitrogen and oxygen atoms in total. The summed E-state index contributed by atoms with van der Waals surface area (Å²) in [5.41, 5.74) is 9.17. The molecule has 0 spiro atoms. The van der Waals surface area contributed by atoms with Crippen LogP contribution in [0.15, 0.2) is 47.6 Å². The number of halogens is 1. The predicted octanol–water partition coefficient (Wildman–Crippen LogP) is 3.62. The van der Waals surface area contributed by atoms with Crippen LogP contribution >= 0.6 is 0 Å². The van der Waals surface area contributed by atoms with E-state index in [1.165, 1.54) is 18.6 Å². The lowest BCUT2D eigenvalue weighted by Crippen LogP contribution is -2.40. The number of benzene rings is 2. The summed E-state index contributed by atoms with van der Waals surface area (Å²) in [7, 11) is 1.81. The number of hydrogen-bond acceptors (Lipinski definition) is 7. The Morgan fingerprint density at radius 1 is 1.11 bits per heavy atom. The molecule has 3 N–H and O–H groups in total. The molecule has 3 rings (SSSR count). The fraction of sp³-hybridized carbons (Fsp3) is 0.444. The molecule has 0 aliphatic heterocycles. The van der Waals surface area contributed by atoms with Crippen molar-refractivity contribution >= 4 is 23.3 Å². The Hall–Kier alpha value is -3.46. The van der Waals surface area contributed by atoms with Gasteiger partial charge in [0.25, 0.3) is 5.91 Å². The molecule has 9 heteroatoms. The molecular weight excluding hydrogens is 463 g/mol. The maximum Gasteiger partial charge on any atom is 0.319 e. The van der Waals surface area contributed by atoms with Gasteiger partial charge in [-0.2, -0.15) is 0 Å². The zero-order chi connectivity index (χ0) is 25.9. The molecule has 0 unspecified atom stereocenters. The lowest BCUT2D eigenvalue weighted by Gasteiger charge is -2.30. The fourth-order valence-corrected chi connectivity index (χ4v) is 4.22. The quantitative estimate of drug-likeness (QED) is 0.212. The zero-order valence-electron chi connectivity index (χ0n) is 21.0. The summed E-state index contributed by atoms with van der Waals surface area (Å²) >= 11 is 0. The number of esters is 1. The van der Waals surface area contributed by atoms with E-state index in [9.17, 15) is 14.0 Å². The molecular formula is C27H35FN4O4. The van der Waals surface area contributed by atoms with Gasteiger partial charge in [0.05, 0.1) is 13.2 Å². The van der Waals surface area contributed by atoms with Crippen LogP contribution in [0.1, 0.15) is 55.7 Å². The average Bonchev–Trinajstić information content (AvgIpc) is 2.89. The van der Waals surface area contributed by atoms with Crippen molar-refractivity contribution in [2.24, 2.45) is 5.16 Å². The molecule has 1 aliphatic rings. The van der Waals surface area contributed by atoms with Gasteiger partial charge >= 0.3 is 5.97 Å². The van der Waals surface area contributed by atoms with E-state index in [0.717, 1.165) is 31.2 Å². The molecule has 1 fully saturated rings. The summed E-state index contributed by atoms with van der Waals surface area (Å²) in [4.78, 5) is 31.6. The number of nitrogens with zero attached hydrogens (tertiary/aromatic N) is 2. The van der Waals surface area contributed by atoms with Crippen molar-refractivity contribution in [2.75, 3.05) is 32.5 Å². The highest BCUT2D eigenvalue weighted by Crippen LogP contribution is 2.22. The lowest BCUT2D eigenvalue weighted by molar-refractivity contribution is -0.142. The van der Waals surface area contributed by atoms with E-state index < -0.39 is 0 Å². The number of hydrogen-bond donors (Lipinski definition) is 2. The number of rotatable bonds is 11.